The fourth-order valence-electron chi connectivity index (χ4n) is 18.6. The lowest BCUT2D eigenvalue weighted by molar-refractivity contribution is -0.120. The standard InChI is InChI=1S/C25H31ClN4O3.2C25H31ClN4O2.C24H31ClN4O3/c1-3-22(32)15-30(24(33)18-7-8-23(28-14-18)29-17(2)31)21-9-11-25(16-27,12-10-21)19-5-4-6-20(26)13-19;2*1-17(31)29-23-8-7-19(14-28-23)24(32)30(15-18-5-6-18)22-9-11-25(16-27,12-10-22)20-3-2-4-21(26)13-20;1-17(30)28-22-7-6-18(15-27-22)23(31)29(12-13-32-2)21-8-10-24(16-26,11-9-21)19-4-3-5-20(25)14-19/h4-8,13-14,21H,3,9-12,15-16,27H2,1-2H3,(H,28,29,31);2*2-4,7-8,13-14,18,22H,5-6,9-12,15-16,27H2,1H3,(H,28,29,31);3-7,14-15,21H,8-13,16,26H2,1-2H3,(H,27,28,30). The quantitative estimate of drug-likeness (QED) is 0.0207. The number of carbonyl (C=O) groups excluding carboxylic acids is 9. The molecule has 6 fully saturated rings. The first-order chi connectivity index (χ1) is 61.9. The van der Waals surface area contributed by atoms with Crippen molar-refractivity contribution in [2.24, 2.45) is 34.8 Å². The molecule has 8 amide bonds. The van der Waals surface area contributed by atoms with Crippen molar-refractivity contribution in [3.63, 3.8) is 0 Å². The minimum absolute atomic E-state index is 0.0108. The van der Waals surface area contributed by atoms with Crippen molar-refractivity contribution in [2.45, 2.75) is 215 Å². The van der Waals surface area contributed by atoms with Crippen molar-refractivity contribution in [3.8, 4) is 0 Å². The summed E-state index contributed by atoms with van der Waals surface area (Å²) in [6.07, 6.45) is 25.1. The van der Waals surface area contributed by atoms with E-state index >= 15 is 0 Å². The van der Waals surface area contributed by atoms with Crippen LogP contribution >= 0.6 is 46.4 Å². The normalized spacial score (nSPS) is 21.6. The number of anilines is 4. The average molecular weight is 1840 g/mol. The van der Waals surface area contributed by atoms with Gasteiger partial charge in [-0.1, -0.05) is 102 Å². The Morgan fingerprint density at radius 3 is 0.829 bits per heavy atom. The third-order valence-corrected chi connectivity index (χ3v) is 27.5. The lowest BCUT2D eigenvalue weighted by Crippen LogP contribution is -2.49. The van der Waals surface area contributed by atoms with Crippen LogP contribution in [0.25, 0.3) is 0 Å². The molecular weight excluding hydrogens is 1720 g/mol. The van der Waals surface area contributed by atoms with Crippen LogP contribution in [-0.4, -0.2) is 183 Å². The molecule has 0 unspecified atom stereocenters. The van der Waals surface area contributed by atoms with Crippen LogP contribution in [0.1, 0.15) is 233 Å². The number of hydrogen-bond acceptors (Lipinski definition) is 18. The molecule has 6 saturated carbocycles. The van der Waals surface area contributed by atoms with Crippen molar-refractivity contribution >= 4 is 123 Å². The monoisotopic (exact) mass is 1840 g/mol. The van der Waals surface area contributed by atoms with Gasteiger partial charge >= 0.3 is 0 Å². The summed E-state index contributed by atoms with van der Waals surface area (Å²) < 4.78 is 5.26. The number of hydrogen-bond donors (Lipinski definition) is 8. The van der Waals surface area contributed by atoms with Gasteiger partial charge in [-0.05, 0) is 260 Å². The van der Waals surface area contributed by atoms with Crippen molar-refractivity contribution in [3.05, 3.63) is 235 Å². The zero-order valence-electron chi connectivity index (χ0n) is 74.8. The molecule has 0 atom stereocenters. The highest BCUT2D eigenvalue weighted by Gasteiger charge is 2.45. The zero-order chi connectivity index (χ0) is 92.6. The van der Waals surface area contributed by atoms with Crippen molar-refractivity contribution < 1.29 is 47.9 Å². The number of nitrogens with two attached hydrogens (primary N) is 4. The molecule has 6 aliphatic rings. The second-order valence-corrected chi connectivity index (χ2v) is 37.2. The number of ether oxygens (including phenoxy) is 1. The van der Waals surface area contributed by atoms with Gasteiger partial charge < -0.3 is 68.5 Å². The first-order valence-corrected chi connectivity index (χ1v) is 46.5. The summed E-state index contributed by atoms with van der Waals surface area (Å²) >= 11 is 25.0. The number of ketones is 1. The van der Waals surface area contributed by atoms with Gasteiger partial charge in [-0.2, -0.15) is 0 Å². The minimum atomic E-state index is -0.234. The minimum Gasteiger partial charge on any atom is -0.383 e. The number of Topliss-reactive ketones (excluding diaryl/α,β-unsaturated/α-hetero) is 1. The molecule has 0 radical (unpaired) electrons. The lowest BCUT2D eigenvalue weighted by atomic mass is 9.68. The average Bonchev–Trinajstić information content (AvgIpc) is 1.52. The first kappa shape index (κ1) is 99.4. The van der Waals surface area contributed by atoms with Crippen LogP contribution in [0.5, 0.6) is 0 Å². The molecule has 0 aliphatic heterocycles. The van der Waals surface area contributed by atoms with Gasteiger partial charge in [-0.15, -0.1) is 0 Å². The van der Waals surface area contributed by atoms with Crippen molar-refractivity contribution in [1.82, 2.24) is 39.5 Å². The third-order valence-electron chi connectivity index (χ3n) is 26.6. The van der Waals surface area contributed by atoms with Gasteiger partial charge in [-0.25, -0.2) is 19.9 Å². The maximum absolute atomic E-state index is 13.4. The largest absolute Gasteiger partial charge is 0.383 e. The first-order valence-electron chi connectivity index (χ1n) is 45.0. The third kappa shape index (κ3) is 27.1. The van der Waals surface area contributed by atoms with Crippen LogP contribution in [0.3, 0.4) is 0 Å². The molecule has 4 aromatic carbocycles. The van der Waals surface area contributed by atoms with Crippen LogP contribution in [-0.2, 0) is 50.4 Å². The van der Waals surface area contributed by atoms with Crippen molar-refractivity contribution in [1.29, 1.82) is 0 Å². The molecular formula is C99H124Cl4N16O10. The van der Waals surface area contributed by atoms with Crippen LogP contribution in [0.4, 0.5) is 23.3 Å². The Morgan fingerprint density at radius 2 is 0.612 bits per heavy atom. The summed E-state index contributed by atoms with van der Waals surface area (Å²) in [6.45, 7) is 12.3. The highest BCUT2D eigenvalue weighted by atomic mass is 35.5. The van der Waals surface area contributed by atoms with E-state index < -0.39 is 0 Å². The maximum atomic E-state index is 13.4. The smallest absolute Gasteiger partial charge is 0.256 e. The number of nitrogens with zero attached hydrogens (tertiary/aromatic N) is 8. The molecule has 688 valence electrons. The summed E-state index contributed by atoms with van der Waals surface area (Å²) in [5.41, 5.74) is 31.2. The van der Waals surface area contributed by atoms with Gasteiger partial charge in [0, 0.05) is 178 Å². The molecule has 6 aliphatic carbocycles. The molecule has 4 heterocycles. The Labute approximate surface area is 777 Å². The van der Waals surface area contributed by atoms with E-state index in [1.54, 1.807) is 79.9 Å². The van der Waals surface area contributed by atoms with Crippen molar-refractivity contribution in [2.75, 3.05) is 87.3 Å². The van der Waals surface area contributed by atoms with E-state index in [-0.39, 0.29) is 105 Å². The summed E-state index contributed by atoms with van der Waals surface area (Å²) in [5, 5.41) is 13.4. The number of amides is 8. The topological polar surface area (TPSA) is 380 Å². The SMILES string of the molecule is CC(=O)Nc1ccc(C(=O)N(CC2CC2)C2CCC(CN)(c3cccc(Cl)c3)CC2)cn1.CC(=O)Nc1ccc(C(=O)N(CC2CC2)C2CCC(CN)(c3cccc(Cl)c3)CC2)cn1.CCC(=O)CN(C(=O)c1ccc(NC(C)=O)nc1)C1CCC(CN)(c2cccc(Cl)c2)CC1.COCCN(C(=O)c1ccc(NC(C)=O)nc1)C1CCC(CN)(c2cccc(Cl)c2)CC1. The van der Waals surface area contributed by atoms with E-state index in [4.69, 9.17) is 74.1 Å². The second-order valence-electron chi connectivity index (χ2n) is 35.5. The number of pyridine rings is 4. The fourth-order valence-corrected chi connectivity index (χ4v) is 19.4. The van der Waals surface area contributed by atoms with E-state index in [1.807, 2.05) is 77.7 Å². The van der Waals surface area contributed by atoms with Gasteiger partial charge in [0.2, 0.25) is 23.6 Å². The Kier molecular flexibility index (Phi) is 35.9. The Hall–Kier alpha value is -10.1. The number of aromatic nitrogens is 4. The molecule has 0 bridgehead atoms. The summed E-state index contributed by atoms with van der Waals surface area (Å²) in [6, 6.07) is 45.6. The Bertz CT molecular complexity index is 4970. The highest BCUT2D eigenvalue weighted by Crippen LogP contribution is 2.47. The van der Waals surface area contributed by atoms with Gasteiger partial charge in [0.05, 0.1) is 35.4 Å². The fraction of sp³-hybridized carbons (Fsp3) is 0.465. The number of halogens is 4. The van der Waals surface area contributed by atoms with E-state index in [1.165, 1.54) is 82.5 Å². The van der Waals surface area contributed by atoms with E-state index in [0.29, 0.717) is 113 Å². The van der Waals surface area contributed by atoms with Crippen LogP contribution in [0.15, 0.2) is 170 Å². The number of carbonyl (C=O) groups is 9. The zero-order valence-corrected chi connectivity index (χ0v) is 77.8. The molecule has 129 heavy (non-hydrogen) atoms. The summed E-state index contributed by atoms with van der Waals surface area (Å²) in [5.74, 6) is 1.83. The summed E-state index contributed by atoms with van der Waals surface area (Å²) in [7, 11) is 1.63. The highest BCUT2D eigenvalue weighted by molar-refractivity contribution is 6.31. The van der Waals surface area contributed by atoms with Crippen LogP contribution in [0, 0.1) is 11.8 Å². The predicted molar refractivity (Wildman–Crippen MR) is 509 cm³/mol. The Balaban J connectivity index is 0.000000166. The Morgan fingerprint density at radius 1 is 0.364 bits per heavy atom. The molecule has 14 rings (SSSR count). The number of benzene rings is 4. The maximum Gasteiger partial charge on any atom is 0.256 e. The summed E-state index contributed by atoms with van der Waals surface area (Å²) in [4.78, 5) is 135. The van der Waals surface area contributed by atoms with E-state index in [0.717, 1.165) is 131 Å². The predicted octanol–water partition coefficient (Wildman–Crippen LogP) is 16.3. The number of rotatable bonds is 30. The molecule has 30 heteroatoms. The van der Waals surface area contributed by atoms with E-state index in [2.05, 4.69) is 75.3 Å². The van der Waals surface area contributed by atoms with Gasteiger partial charge in [0.25, 0.3) is 23.6 Å². The number of methoxy groups -OCH3 is 1. The van der Waals surface area contributed by atoms with E-state index in [9.17, 15) is 43.2 Å². The van der Waals surface area contributed by atoms with Gasteiger partial charge in [0.15, 0.2) is 5.78 Å². The molecule has 26 nitrogen and oxygen atoms in total. The lowest BCUT2D eigenvalue weighted by Gasteiger charge is -2.43. The molecule has 0 spiro atoms. The van der Waals surface area contributed by atoms with Crippen LogP contribution < -0.4 is 44.2 Å². The molecule has 4 aromatic heterocycles. The van der Waals surface area contributed by atoms with Crippen LogP contribution in [0.2, 0.25) is 20.1 Å². The second kappa shape index (κ2) is 46.6. The molecule has 12 N–H and O–H groups in total. The molecule has 8 aromatic rings. The number of nitrogens with one attached hydrogen (secondary N) is 4. The van der Waals surface area contributed by atoms with Gasteiger partial charge in [0.1, 0.15) is 23.3 Å². The molecule has 0 saturated heterocycles. The van der Waals surface area contributed by atoms with Gasteiger partial charge in [-0.3, -0.25) is 43.2 Å².